The number of aryl methyl sites for hydroxylation is 1. The number of anilines is 1. The lowest BCUT2D eigenvalue weighted by atomic mass is 9.88. The predicted octanol–water partition coefficient (Wildman–Crippen LogP) is 6.21. The van der Waals surface area contributed by atoms with E-state index in [9.17, 15) is 22.4 Å². The standard InChI is InChI=1S/C26H25F4N3O/c27-23-12-21-20(22-14-31-32-25(22)23)3-1-2-18(13-26(28,29)30)24(21)17-4-6-19(7-5-17)33-10-8-16(15-34)9-11-33/h4-7,12,14-16H,1-3,8-11,13H2,(H,31,32). The van der Waals surface area contributed by atoms with Gasteiger partial charge in [0.15, 0.2) is 0 Å². The fourth-order valence-electron chi connectivity index (χ4n) is 5.33. The van der Waals surface area contributed by atoms with Crippen molar-refractivity contribution in [2.45, 2.75) is 44.7 Å². The minimum Gasteiger partial charge on any atom is -0.371 e. The molecule has 0 saturated carbocycles. The van der Waals surface area contributed by atoms with Crippen molar-refractivity contribution < 1.29 is 22.4 Å². The van der Waals surface area contributed by atoms with Crippen molar-refractivity contribution in [3.8, 4) is 0 Å². The number of fused-ring (bicyclic) bond motifs is 3. The molecular weight excluding hydrogens is 446 g/mol. The summed E-state index contributed by atoms with van der Waals surface area (Å²) in [6.07, 6.45) is 0.173. The van der Waals surface area contributed by atoms with Crippen LogP contribution in [0.25, 0.3) is 16.5 Å². The third kappa shape index (κ3) is 4.33. The quantitative estimate of drug-likeness (QED) is 0.364. The smallest absolute Gasteiger partial charge is 0.371 e. The number of benzene rings is 2. The number of allylic oxidation sites excluding steroid dienone is 1. The average molecular weight is 471 g/mol. The van der Waals surface area contributed by atoms with Gasteiger partial charge in [0.1, 0.15) is 17.6 Å². The van der Waals surface area contributed by atoms with Crippen molar-refractivity contribution in [3.63, 3.8) is 0 Å². The van der Waals surface area contributed by atoms with Crippen LogP contribution < -0.4 is 4.90 Å². The van der Waals surface area contributed by atoms with E-state index in [1.54, 1.807) is 6.20 Å². The number of piperidine rings is 1. The van der Waals surface area contributed by atoms with Crippen LogP contribution in [0, 0.1) is 11.7 Å². The van der Waals surface area contributed by atoms with Gasteiger partial charge in [0.25, 0.3) is 0 Å². The highest BCUT2D eigenvalue weighted by Crippen LogP contribution is 2.42. The molecule has 178 valence electrons. The van der Waals surface area contributed by atoms with Crippen LogP contribution in [0.15, 0.2) is 42.1 Å². The summed E-state index contributed by atoms with van der Waals surface area (Å²) in [5, 5.41) is 7.25. The number of hydrogen-bond acceptors (Lipinski definition) is 3. The van der Waals surface area contributed by atoms with E-state index in [4.69, 9.17) is 0 Å². The summed E-state index contributed by atoms with van der Waals surface area (Å²) in [4.78, 5) is 13.2. The number of rotatable bonds is 4. The molecule has 2 heterocycles. The molecule has 3 aromatic rings. The van der Waals surface area contributed by atoms with Crippen LogP contribution in [0.4, 0.5) is 23.2 Å². The minimum absolute atomic E-state index is 0.0859. The molecule has 2 aromatic carbocycles. The first-order chi connectivity index (χ1) is 16.3. The third-order valence-electron chi connectivity index (χ3n) is 6.99. The van der Waals surface area contributed by atoms with Crippen LogP contribution in [-0.4, -0.2) is 35.7 Å². The summed E-state index contributed by atoms with van der Waals surface area (Å²) in [5.74, 6) is -0.436. The largest absolute Gasteiger partial charge is 0.392 e. The van der Waals surface area contributed by atoms with Gasteiger partial charge in [-0.25, -0.2) is 4.39 Å². The lowest BCUT2D eigenvalue weighted by Crippen LogP contribution is -2.34. The van der Waals surface area contributed by atoms with Crippen molar-refractivity contribution in [2.75, 3.05) is 18.0 Å². The number of alkyl halides is 3. The average Bonchev–Trinajstić information content (AvgIpc) is 3.25. The molecule has 0 radical (unpaired) electrons. The predicted molar refractivity (Wildman–Crippen MR) is 123 cm³/mol. The summed E-state index contributed by atoms with van der Waals surface area (Å²) in [6, 6.07) is 8.84. The molecule has 0 unspecified atom stereocenters. The highest BCUT2D eigenvalue weighted by Gasteiger charge is 2.32. The van der Waals surface area contributed by atoms with Gasteiger partial charge in [0, 0.05) is 30.1 Å². The molecule has 1 aliphatic heterocycles. The Labute approximate surface area is 194 Å². The molecule has 34 heavy (non-hydrogen) atoms. The van der Waals surface area contributed by atoms with E-state index in [1.165, 1.54) is 6.07 Å². The van der Waals surface area contributed by atoms with Crippen molar-refractivity contribution in [1.82, 2.24) is 10.2 Å². The van der Waals surface area contributed by atoms with Gasteiger partial charge in [-0.3, -0.25) is 5.10 Å². The van der Waals surface area contributed by atoms with Crippen LogP contribution in [0.5, 0.6) is 0 Å². The van der Waals surface area contributed by atoms with Gasteiger partial charge in [0.05, 0.1) is 12.6 Å². The van der Waals surface area contributed by atoms with Gasteiger partial charge in [0.2, 0.25) is 0 Å². The molecule has 1 aromatic heterocycles. The SMILES string of the molecule is O=CC1CCN(c2ccc(C3=C(CC(F)(F)F)CCCc4c3cc(F)c3[nH]ncc43)cc2)CC1. The normalized spacial score (nSPS) is 17.7. The second kappa shape index (κ2) is 8.89. The first-order valence-corrected chi connectivity index (χ1v) is 11.6. The van der Waals surface area contributed by atoms with Gasteiger partial charge in [-0.1, -0.05) is 17.7 Å². The van der Waals surface area contributed by atoms with Gasteiger partial charge >= 0.3 is 6.18 Å². The summed E-state index contributed by atoms with van der Waals surface area (Å²) in [7, 11) is 0. The number of carbonyl (C=O) groups is 1. The number of aromatic amines is 1. The fourth-order valence-corrected chi connectivity index (χ4v) is 5.33. The molecular formula is C26H25F4N3O. The molecule has 5 rings (SSSR count). The molecule has 0 spiro atoms. The molecule has 8 heteroatoms. The molecule has 2 aliphatic rings. The summed E-state index contributed by atoms with van der Waals surface area (Å²) in [6.45, 7) is 1.52. The maximum atomic E-state index is 14.9. The Morgan fingerprint density at radius 3 is 2.53 bits per heavy atom. The van der Waals surface area contributed by atoms with Crippen LogP contribution >= 0.6 is 0 Å². The van der Waals surface area contributed by atoms with Gasteiger partial charge in [-0.15, -0.1) is 0 Å². The van der Waals surface area contributed by atoms with E-state index in [2.05, 4.69) is 15.1 Å². The highest BCUT2D eigenvalue weighted by molar-refractivity contribution is 5.93. The van der Waals surface area contributed by atoms with E-state index < -0.39 is 18.4 Å². The topological polar surface area (TPSA) is 49.0 Å². The number of hydrogen-bond donors (Lipinski definition) is 1. The van der Waals surface area contributed by atoms with Crippen LogP contribution in [0.2, 0.25) is 0 Å². The molecule has 4 nitrogen and oxygen atoms in total. The number of H-pyrrole nitrogens is 1. The molecule has 1 N–H and O–H groups in total. The molecule has 0 atom stereocenters. The zero-order valence-corrected chi connectivity index (χ0v) is 18.6. The Kier molecular flexibility index (Phi) is 5.91. The number of aldehydes is 1. The van der Waals surface area contributed by atoms with E-state index >= 15 is 0 Å². The second-order valence-corrected chi connectivity index (χ2v) is 9.17. The first kappa shape index (κ1) is 22.6. The number of nitrogens with zero attached hydrogens (tertiary/aromatic N) is 2. The lowest BCUT2D eigenvalue weighted by molar-refractivity contribution is -0.127. The number of aromatic nitrogens is 2. The Balaban J connectivity index is 1.59. The maximum Gasteiger partial charge on any atom is 0.392 e. The molecule has 0 amide bonds. The van der Waals surface area contributed by atoms with Crippen LogP contribution in [0.3, 0.4) is 0 Å². The molecule has 0 bridgehead atoms. The lowest BCUT2D eigenvalue weighted by Gasteiger charge is -2.31. The van der Waals surface area contributed by atoms with Gasteiger partial charge in [-0.2, -0.15) is 18.3 Å². The Morgan fingerprint density at radius 2 is 1.85 bits per heavy atom. The molecule has 1 fully saturated rings. The van der Waals surface area contributed by atoms with Crippen molar-refractivity contribution in [1.29, 1.82) is 0 Å². The van der Waals surface area contributed by atoms with Crippen molar-refractivity contribution in [2.24, 2.45) is 5.92 Å². The first-order valence-electron chi connectivity index (χ1n) is 11.6. The monoisotopic (exact) mass is 471 g/mol. The number of nitrogens with one attached hydrogen (secondary N) is 1. The van der Waals surface area contributed by atoms with Gasteiger partial charge < -0.3 is 9.69 Å². The number of carbonyl (C=O) groups excluding carboxylic acids is 1. The summed E-state index contributed by atoms with van der Waals surface area (Å²) in [5.41, 5.74) is 4.00. The highest BCUT2D eigenvalue weighted by atomic mass is 19.4. The minimum atomic E-state index is -4.35. The maximum absolute atomic E-state index is 14.9. The van der Waals surface area contributed by atoms with Crippen molar-refractivity contribution in [3.05, 3.63) is 64.6 Å². The Bertz CT molecular complexity index is 1240. The van der Waals surface area contributed by atoms with E-state index in [0.29, 0.717) is 41.3 Å². The second-order valence-electron chi connectivity index (χ2n) is 9.17. The van der Waals surface area contributed by atoms with Crippen LogP contribution in [-0.2, 0) is 11.2 Å². The zero-order chi connectivity index (χ0) is 23.9. The third-order valence-corrected chi connectivity index (χ3v) is 6.99. The summed E-state index contributed by atoms with van der Waals surface area (Å²) < 4.78 is 55.5. The van der Waals surface area contributed by atoms with E-state index in [-0.39, 0.29) is 17.0 Å². The number of halogens is 4. The Morgan fingerprint density at radius 1 is 1.12 bits per heavy atom. The van der Waals surface area contributed by atoms with E-state index in [0.717, 1.165) is 43.5 Å². The molecule has 1 aliphatic carbocycles. The Hall–Kier alpha value is -3.16. The molecule has 1 saturated heterocycles. The summed E-state index contributed by atoms with van der Waals surface area (Å²) >= 11 is 0. The van der Waals surface area contributed by atoms with Crippen molar-refractivity contribution >= 4 is 28.4 Å². The van der Waals surface area contributed by atoms with Gasteiger partial charge in [-0.05, 0) is 72.6 Å². The van der Waals surface area contributed by atoms with Crippen LogP contribution in [0.1, 0.15) is 48.8 Å². The van der Waals surface area contributed by atoms with E-state index in [1.807, 2.05) is 24.3 Å². The fraction of sp³-hybridized carbons (Fsp3) is 0.385. The zero-order valence-electron chi connectivity index (χ0n) is 18.6.